The van der Waals surface area contributed by atoms with E-state index in [-0.39, 0.29) is 6.04 Å². The Hall–Kier alpha value is -1.53. The van der Waals surface area contributed by atoms with Crippen LogP contribution in [0.4, 0.5) is 0 Å². The summed E-state index contributed by atoms with van der Waals surface area (Å²) in [6, 6.07) is 4.22. The van der Waals surface area contributed by atoms with Crippen LogP contribution in [0.5, 0.6) is 0 Å². The molecule has 1 aliphatic rings. The summed E-state index contributed by atoms with van der Waals surface area (Å²) in [6.07, 6.45) is 6.68. The van der Waals surface area contributed by atoms with Gasteiger partial charge in [0, 0.05) is 33.4 Å². The van der Waals surface area contributed by atoms with Crippen molar-refractivity contribution in [1.82, 2.24) is 15.5 Å². The fourth-order valence-corrected chi connectivity index (χ4v) is 3.82. The van der Waals surface area contributed by atoms with Crippen molar-refractivity contribution >= 4 is 5.96 Å². The number of hydrogen-bond acceptors (Lipinski definition) is 4. The van der Waals surface area contributed by atoms with Crippen LogP contribution in [0, 0.1) is 5.41 Å². The van der Waals surface area contributed by atoms with Crippen molar-refractivity contribution in [2.24, 2.45) is 10.4 Å². The van der Waals surface area contributed by atoms with E-state index >= 15 is 0 Å². The average Bonchev–Trinajstić information content (AvgIpc) is 3.18. The van der Waals surface area contributed by atoms with Crippen molar-refractivity contribution < 1.29 is 9.15 Å². The molecule has 1 aromatic heterocycles. The Morgan fingerprint density at radius 3 is 2.59 bits per heavy atom. The quantitative estimate of drug-likeness (QED) is 0.431. The predicted octanol–water partition coefficient (Wildman–Crippen LogP) is 3.42. The summed E-state index contributed by atoms with van der Waals surface area (Å²) >= 11 is 0. The molecule has 0 saturated heterocycles. The Bertz CT molecular complexity index is 536. The zero-order chi connectivity index (χ0) is 19.5. The number of rotatable bonds is 12. The molecule has 6 heteroatoms. The smallest absolute Gasteiger partial charge is 0.191 e. The molecule has 1 atom stereocenters. The van der Waals surface area contributed by atoms with Crippen LogP contribution in [0.3, 0.4) is 0 Å². The highest BCUT2D eigenvalue weighted by Crippen LogP contribution is 2.44. The molecule has 0 aromatic carbocycles. The number of guanidine groups is 1. The van der Waals surface area contributed by atoms with Crippen molar-refractivity contribution in [3.8, 4) is 0 Å². The van der Waals surface area contributed by atoms with Crippen LogP contribution in [0.2, 0.25) is 0 Å². The number of nitrogens with one attached hydrogen (secondary N) is 2. The second kappa shape index (κ2) is 11.3. The Morgan fingerprint density at radius 2 is 2.07 bits per heavy atom. The zero-order valence-electron chi connectivity index (χ0n) is 17.6. The molecule has 1 unspecified atom stereocenters. The minimum atomic E-state index is 0.199. The molecule has 0 spiro atoms. The standard InChI is InChI=1S/C21H38N4O2/c1-5-22-20(24-17-21(11-9-12-21)13-15-26-4)23-16-18(25(6-2)7-3)19-10-8-14-27-19/h8,10,14,18H,5-7,9,11-13,15-17H2,1-4H3,(H2,22,23,24). The van der Waals surface area contributed by atoms with Crippen molar-refractivity contribution in [2.45, 2.75) is 52.5 Å². The fraction of sp³-hybridized carbons (Fsp3) is 0.762. The molecule has 1 aliphatic carbocycles. The van der Waals surface area contributed by atoms with Gasteiger partial charge in [0.2, 0.25) is 0 Å². The molecule has 6 nitrogen and oxygen atoms in total. The molecular formula is C21H38N4O2. The maximum atomic E-state index is 5.70. The summed E-state index contributed by atoms with van der Waals surface area (Å²) in [5, 5.41) is 6.93. The first-order valence-corrected chi connectivity index (χ1v) is 10.5. The van der Waals surface area contributed by atoms with Gasteiger partial charge in [0.1, 0.15) is 5.76 Å². The molecule has 1 aromatic rings. The van der Waals surface area contributed by atoms with Crippen LogP contribution < -0.4 is 10.6 Å². The van der Waals surface area contributed by atoms with E-state index < -0.39 is 0 Å². The lowest BCUT2D eigenvalue weighted by atomic mass is 9.67. The van der Waals surface area contributed by atoms with Gasteiger partial charge in [-0.05, 0) is 56.8 Å². The molecule has 154 valence electrons. The summed E-state index contributed by atoms with van der Waals surface area (Å²) in [5.41, 5.74) is 0.331. The molecule has 0 aliphatic heterocycles. The number of furan rings is 1. The van der Waals surface area contributed by atoms with Gasteiger partial charge in [0.05, 0.1) is 12.3 Å². The van der Waals surface area contributed by atoms with Crippen LogP contribution in [0.15, 0.2) is 27.8 Å². The maximum absolute atomic E-state index is 5.70. The van der Waals surface area contributed by atoms with E-state index in [2.05, 4.69) is 42.4 Å². The van der Waals surface area contributed by atoms with Crippen molar-refractivity contribution in [3.05, 3.63) is 24.2 Å². The summed E-state index contributed by atoms with van der Waals surface area (Å²) < 4.78 is 11.0. The van der Waals surface area contributed by atoms with Gasteiger partial charge in [-0.2, -0.15) is 0 Å². The number of ether oxygens (including phenoxy) is 1. The monoisotopic (exact) mass is 378 g/mol. The third-order valence-corrected chi connectivity index (χ3v) is 5.76. The van der Waals surface area contributed by atoms with Gasteiger partial charge < -0.3 is 19.8 Å². The van der Waals surface area contributed by atoms with E-state index in [4.69, 9.17) is 14.1 Å². The van der Waals surface area contributed by atoms with Gasteiger partial charge >= 0.3 is 0 Å². The van der Waals surface area contributed by atoms with E-state index in [9.17, 15) is 0 Å². The summed E-state index contributed by atoms with van der Waals surface area (Å²) in [6.45, 7) is 11.8. The molecule has 1 heterocycles. The summed E-state index contributed by atoms with van der Waals surface area (Å²) in [5.74, 6) is 1.89. The Kier molecular flexibility index (Phi) is 9.15. The van der Waals surface area contributed by atoms with Crippen LogP contribution in [-0.4, -0.2) is 57.3 Å². The molecule has 0 amide bonds. The van der Waals surface area contributed by atoms with Gasteiger partial charge in [-0.25, -0.2) is 0 Å². The molecule has 0 radical (unpaired) electrons. The molecule has 2 N–H and O–H groups in total. The molecule has 2 rings (SSSR count). The van der Waals surface area contributed by atoms with Crippen LogP contribution in [0.25, 0.3) is 0 Å². The van der Waals surface area contributed by atoms with Crippen molar-refractivity contribution in [3.63, 3.8) is 0 Å². The summed E-state index contributed by atoms with van der Waals surface area (Å²) in [4.78, 5) is 7.32. The van der Waals surface area contributed by atoms with E-state index in [0.29, 0.717) is 5.41 Å². The SMILES string of the molecule is CCNC(=NCC1(CCOC)CCC1)NCC(c1ccco1)N(CC)CC. The molecule has 1 saturated carbocycles. The van der Waals surface area contributed by atoms with Gasteiger partial charge in [-0.3, -0.25) is 9.89 Å². The first-order chi connectivity index (χ1) is 13.2. The third kappa shape index (κ3) is 6.25. The number of nitrogens with zero attached hydrogens (tertiary/aromatic N) is 2. The topological polar surface area (TPSA) is 62.0 Å². The molecular weight excluding hydrogens is 340 g/mol. The van der Waals surface area contributed by atoms with Gasteiger partial charge in [-0.15, -0.1) is 0 Å². The molecule has 27 heavy (non-hydrogen) atoms. The third-order valence-electron chi connectivity index (χ3n) is 5.76. The lowest BCUT2D eigenvalue weighted by Gasteiger charge is -2.40. The largest absolute Gasteiger partial charge is 0.468 e. The summed E-state index contributed by atoms with van der Waals surface area (Å²) in [7, 11) is 1.78. The highest BCUT2D eigenvalue weighted by molar-refractivity contribution is 5.79. The number of methoxy groups -OCH3 is 1. The van der Waals surface area contributed by atoms with Gasteiger partial charge in [0.15, 0.2) is 5.96 Å². The number of hydrogen-bond donors (Lipinski definition) is 2. The average molecular weight is 379 g/mol. The molecule has 1 fully saturated rings. The van der Waals surface area contributed by atoms with E-state index in [1.807, 2.05) is 6.07 Å². The first-order valence-electron chi connectivity index (χ1n) is 10.5. The van der Waals surface area contributed by atoms with Crippen molar-refractivity contribution in [2.75, 3.05) is 46.4 Å². The van der Waals surface area contributed by atoms with E-state index in [1.165, 1.54) is 19.3 Å². The predicted molar refractivity (Wildman–Crippen MR) is 111 cm³/mol. The van der Waals surface area contributed by atoms with E-state index in [0.717, 1.165) is 57.5 Å². The Labute approximate surface area is 164 Å². The normalized spacial score (nSPS) is 17.6. The van der Waals surface area contributed by atoms with Crippen molar-refractivity contribution in [1.29, 1.82) is 0 Å². The lowest BCUT2D eigenvalue weighted by Crippen LogP contribution is -2.44. The Balaban J connectivity index is 2.00. The highest BCUT2D eigenvalue weighted by atomic mass is 16.5. The molecule has 0 bridgehead atoms. The lowest BCUT2D eigenvalue weighted by molar-refractivity contribution is 0.0778. The number of likely N-dealkylation sites (N-methyl/N-ethyl adjacent to an activating group) is 1. The van der Waals surface area contributed by atoms with Gasteiger partial charge in [0.25, 0.3) is 0 Å². The van der Waals surface area contributed by atoms with Crippen LogP contribution >= 0.6 is 0 Å². The zero-order valence-corrected chi connectivity index (χ0v) is 17.6. The first kappa shape index (κ1) is 21.8. The number of aliphatic imine (C=N–C) groups is 1. The van der Waals surface area contributed by atoms with Crippen LogP contribution in [-0.2, 0) is 4.74 Å². The van der Waals surface area contributed by atoms with Crippen LogP contribution in [0.1, 0.15) is 58.3 Å². The second-order valence-electron chi connectivity index (χ2n) is 7.42. The Morgan fingerprint density at radius 1 is 1.30 bits per heavy atom. The minimum absolute atomic E-state index is 0.199. The van der Waals surface area contributed by atoms with Gasteiger partial charge in [-0.1, -0.05) is 20.3 Å². The maximum Gasteiger partial charge on any atom is 0.191 e. The highest BCUT2D eigenvalue weighted by Gasteiger charge is 2.36. The second-order valence-corrected chi connectivity index (χ2v) is 7.42. The fourth-order valence-electron chi connectivity index (χ4n) is 3.82. The minimum Gasteiger partial charge on any atom is -0.468 e. The van der Waals surface area contributed by atoms with E-state index in [1.54, 1.807) is 13.4 Å².